The molecule has 0 unspecified atom stereocenters. The van der Waals surface area contributed by atoms with E-state index in [1.165, 1.54) is 43.9 Å². The first-order valence-corrected chi connectivity index (χ1v) is 18.8. The van der Waals surface area contributed by atoms with Crippen LogP contribution in [0.1, 0.15) is 57.2 Å². The SMILES string of the molecule is Cc1ccc2c(N(c3ccc(Br)cc3)c3ccc(C(C)C)cc3)c3ccccc3c(N(c3ccc(Br)cc3)c3ccc(C(C)(C)C)cc3)c2c1. The molecular weight excluding hydrogens is 740 g/mol. The van der Waals surface area contributed by atoms with Crippen LogP contribution in [0.2, 0.25) is 0 Å². The van der Waals surface area contributed by atoms with Gasteiger partial charge in [-0.3, -0.25) is 0 Å². The van der Waals surface area contributed by atoms with Gasteiger partial charge in [-0.15, -0.1) is 0 Å². The predicted octanol–water partition coefficient (Wildman–Crippen LogP) is 15.2. The number of hydrogen-bond acceptors (Lipinski definition) is 2. The average Bonchev–Trinajstić information content (AvgIpc) is 3.11. The Morgan fingerprint density at radius 3 is 1.32 bits per heavy atom. The van der Waals surface area contributed by atoms with Crippen LogP contribution < -0.4 is 9.80 Å². The van der Waals surface area contributed by atoms with Crippen molar-refractivity contribution in [2.45, 2.75) is 52.9 Å². The number of benzene rings is 7. The third-order valence-electron chi connectivity index (χ3n) is 9.55. The van der Waals surface area contributed by atoms with Crippen LogP contribution in [-0.2, 0) is 5.41 Å². The summed E-state index contributed by atoms with van der Waals surface area (Å²) in [6, 6.07) is 51.3. The van der Waals surface area contributed by atoms with Gasteiger partial charge in [-0.1, -0.05) is 133 Å². The lowest BCUT2D eigenvalue weighted by Gasteiger charge is -2.33. The number of halogens is 2. The van der Waals surface area contributed by atoms with Gasteiger partial charge in [0.05, 0.1) is 11.4 Å². The van der Waals surface area contributed by atoms with Gasteiger partial charge in [0.2, 0.25) is 0 Å². The third-order valence-corrected chi connectivity index (χ3v) is 10.6. The maximum Gasteiger partial charge on any atom is 0.0620 e. The minimum absolute atomic E-state index is 0.0585. The summed E-state index contributed by atoms with van der Waals surface area (Å²) in [6.07, 6.45) is 0. The van der Waals surface area contributed by atoms with Crippen molar-refractivity contribution in [3.8, 4) is 0 Å². The smallest absolute Gasteiger partial charge is 0.0620 e. The van der Waals surface area contributed by atoms with Gasteiger partial charge in [0, 0.05) is 53.2 Å². The lowest BCUT2D eigenvalue weighted by Crippen LogP contribution is -2.15. The molecular formula is C46H42Br2N2. The largest absolute Gasteiger partial charge is 0.309 e. The molecule has 0 aliphatic carbocycles. The number of nitrogens with zero attached hydrogens (tertiary/aromatic N) is 2. The zero-order chi connectivity index (χ0) is 35.2. The van der Waals surface area contributed by atoms with E-state index >= 15 is 0 Å². The van der Waals surface area contributed by atoms with Crippen molar-refractivity contribution in [2.75, 3.05) is 9.80 Å². The first-order valence-electron chi connectivity index (χ1n) is 17.3. The zero-order valence-corrected chi connectivity index (χ0v) is 32.7. The Kier molecular flexibility index (Phi) is 9.36. The van der Waals surface area contributed by atoms with Crippen molar-refractivity contribution in [1.82, 2.24) is 0 Å². The Balaban J connectivity index is 1.58. The van der Waals surface area contributed by atoms with Gasteiger partial charge in [0.25, 0.3) is 0 Å². The van der Waals surface area contributed by atoms with Gasteiger partial charge < -0.3 is 9.80 Å². The molecule has 7 aromatic rings. The van der Waals surface area contributed by atoms with Gasteiger partial charge in [-0.2, -0.15) is 0 Å². The van der Waals surface area contributed by atoms with Crippen LogP contribution in [0.15, 0.2) is 148 Å². The molecule has 0 N–H and O–H groups in total. The first-order chi connectivity index (χ1) is 24.0. The second-order valence-electron chi connectivity index (χ2n) is 14.5. The van der Waals surface area contributed by atoms with Gasteiger partial charge in [-0.05, 0) is 108 Å². The molecule has 0 fully saturated rings. The summed E-state index contributed by atoms with van der Waals surface area (Å²) in [5.74, 6) is 0.455. The average molecular weight is 783 g/mol. The van der Waals surface area contributed by atoms with E-state index in [1.54, 1.807) is 0 Å². The summed E-state index contributed by atoms with van der Waals surface area (Å²) in [6.45, 7) is 13.5. The van der Waals surface area contributed by atoms with Crippen molar-refractivity contribution < 1.29 is 0 Å². The van der Waals surface area contributed by atoms with Crippen LogP contribution in [0.25, 0.3) is 21.5 Å². The number of hydrogen-bond donors (Lipinski definition) is 0. The molecule has 0 spiro atoms. The Hall–Kier alpha value is -4.38. The van der Waals surface area contributed by atoms with Crippen LogP contribution >= 0.6 is 31.9 Å². The number of fused-ring (bicyclic) bond motifs is 2. The Bertz CT molecular complexity index is 2280. The van der Waals surface area contributed by atoms with Gasteiger partial charge in [0.15, 0.2) is 0 Å². The lowest BCUT2D eigenvalue weighted by atomic mass is 9.87. The Morgan fingerprint density at radius 1 is 0.480 bits per heavy atom. The zero-order valence-electron chi connectivity index (χ0n) is 29.5. The van der Waals surface area contributed by atoms with E-state index in [4.69, 9.17) is 0 Å². The molecule has 2 nitrogen and oxygen atoms in total. The molecule has 0 aliphatic heterocycles. The van der Waals surface area contributed by atoms with Crippen molar-refractivity contribution in [3.05, 3.63) is 165 Å². The topological polar surface area (TPSA) is 6.48 Å². The minimum Gasteiger partial charge on any atom is -0.309 e. The van der Waals surface area contributed by atoms with E-state index in [9.17, 15) is 0 Å². The standard InChI is InChI=1S/C46H42Br2N2/c1-30(2)32-12-20-36(21-13-32)49(38-24-16-34(47)17-25-38)44-40-9-7-8-10-41(40)45(43-29-31(3)11-28-42(43)44)50(39-26-18-35(48)19-27-39)37-22-14-33(15-23-37)46(4,5)6/h7-30H,1-6H3. The molecule has 0 heterocycles. The Labute approximate surface area is 313 Å². The third kappa shape index (κ3) is 6.59. The fraction of sp³-hybridized carbons (Fsp3) is 0.174. The van der Waals surface area contributed by atoms with Crippen LogP contribution in [0.3, 0.4) is 0 Å². The molecule has 0 aromatic heterocycles. The van der Waals surface area contributed by atoms with E-state index in [0.29, 0.717) is 5.92 Å². The van der Waals surface area contributed by atoms with Crippen LogP contribution in [-0.4, -0.2) is 0 Å². The van der Waals surface area contributed by atoms with Gasteiger partial charge in [-0.25, -0.2) is 0 Å². The normalized spacial score (nSPS) is 11.8. The molecule has 0 atom stereocenters. The molecule has 0 saturated carbocycles. The highest BCUT2D eigenvalue weighted by molar-refractivity contribution is 9.10. The molecule has 4 heteroatoms. The molecule has 7 aromatic carbocycles. The highest BCUT2D eigenvalue weighted by Crippen LogP contribution is 2.51. The second kappa shape index (κ2) is 13.7. The maximum absolute atomic E-state index is 3.69. The summed E-state index contributed by atoms with van der Waals surface area (Å²) >= 11 is 7.37. The number of aryl methyl sites for hydroxylation is 1. The minimum atomic E-state index is 0.0585. The second-order valence-corrected chi connectivity index (χ2v) is 16.3. The summed E-state index contributed by atoms with van der Waals surface area (Å²) < 4.78 is 2.11. The Morgan fingerprint density at radius 2 is 0.880 bits per heavy atom. The van der Waals surface area contributed by atoms with E-state index in [2.05, 4.69) is 223 Å². The van der Waals surface area contributed by atoms with Crippen molar-refractivity contribution in [1.29, 1.82) is 0 Å². The van der Waals surface area contributed by atoms with Crippen LogP contribution in [0.5, 0.6) is 0 Å². The van der Waals surface area contributed by atoms with Gasteiger partial charge in [0.1, 0.15) is 0 Å². The van der Waals surface area contributed by atoms with E-state index in [1.807, 2.05) is 0 Å². The molecule has 0 bridgehead atoms. The summed E-state index contributed by atoms with van der Waals surface area (Å²) in [5, 5.41) is 4.75. The molecule has 50 heavy (non-hydrogen) atoms. The lowest BCUT2D eigenvalue weighted by molar-refractivity contribution is 0.590. The van der Waals surface area contributed by atoms with Crippen LogP contribution in [0.4, 0.5) is 34.1 Å². The summed E-state index contributed by atoms with van der Waals surface area (Å²) in [7, 11) is 0. The molecule has 250 valence electrons. The maximum atomic E-state index is 3.69. The quantitative estimate of drug-likeness (QED) is 0.117. The first kappa shape index (κ1) is 34.1. The van der Waals surface area contributed by atoms with Crippen LogP contribution in [0, 0.1) is 6.92 Å². The number of anilines is 6. The fourth-order valence-corrected chi connectivity index (χ4v) is 7.37. The number of rotatable bonds is 7. The van der Waals surface area contributed by atoms with Crippen molar-refractivity contribution in [3.63, 3.8) is 0 Å². The van der Waals surface area contributed by atoms with Crippen molar-refractivity contribution >= 4 is 87.5 Å². The summed E-state index contributed by atoms with van der Waals surface area (Å²) in [5.41, 5.74) is 10.7. The van der Waals surface area contributed by atoms with E-state index in [-0.39, 0.29) is 5.41 Å². The predicted molar refractivity (Wildman–Crippen MR) is 224 cm³/mol. The summed E-state index contributed by atoms with van der Waals surface area (Å²) in [4.78, 5) is 4.87. The van der Waals surface area contributed by atoms with E-state index in [0.717, 1.165) is 37.4 Å². The van der Waals surface area contributed by atoms with E-state index < -0.39 is 0 Å². The highest BCUT2D eigenvalue weighted by Gasteiger charge is 2.26. The molecule has 7 rings (SSSR count). The molecule has 0 saturated heterocycles. The molecule has 0 radical (unpaired) electrons. The monoisotopic (exact) mass is 780 g/mol. The fourth-order valence-electron chi connectivity index (χ4n) is 6.84. The highest BCUT2D eigenvalue weighted by atomic mass is 79.9. The van der Waals surface area contributed by atoms with Crippen molar-refractivity contribution in [2.24, 2.45) is 0 Å². The molecule has 0 amide bonds. The van der Waals surface area contributed by atoms with Gasteiger partial charge >= 0.3 is 0 Å². The molecule has 0 aliphatic rings.